The molecular formula is C18H22N2O4. The topological polar surface area (TPSA) is 86.7 Å². The normalized spacial score (nSPS) is 23.0. The van der Waals surface area contributed by atoms with E-state index < -0.39 is 17.4 Å². The lowest BCUT2D eigenvalue weighted by Crippen LogP contribution is -2.55. The zero-order valence-corrected chi connectivity index (χ0v) is 13.7. The molecule has 128 valence electrons. The Bertz CT molecular complexity index is 656. The predicted molar refractivity (Wildman–Crippen MR) is 86.9 cm³/mol. The summed E-state index contributed by atoms with van der Waals surface area (Å²) in [6.07, 6.45) is 1.76. The predicted octanol–water partition coefficient (Wildman–Crippen LogP) is 1.40. The van der Waals surface area contributed by atoms with Crippen LogP contribution in [-0.4, -0.2) is 39.9 Å². The Balaban J connectivity index is 1.62. The Hall–Kier alpha value is -2.37. The molecule has 3 rings (SSSR count). The first kappa shape index (κ1) is 16.5. The van der Waals surface area contributed by atoms with Gasteiger partial charge in [-0.3, -0.25) is 9.59 Å². The van der Waals surface area contributed by atoms with Crippen molar-refractivity contribution >= 4 is 17.8 Å². The second kappa shape index (κ2) is 6.26. The van der Waals surface area contributed by atoms with Crippen LogP contribution in [0.1, 0.15) is 31.7 Å². The number of carbonyl (C=O) groups is 3. The number of hydrogen-bond acceptors (Lipinski definition) is 3. The van der Waals surface area contributed by atoms with E-state index in [1.807, 2.05) is 30.3 Å². The number of benzene rings is 1. The van der Waals surface area contributed by atoms with Crippen LogP contribution in [0, 0.1) is 11.8 Å². The summed E-state index contributed by atoms with van der Waals surface area (Å²) in [5.41, 5.74) is -0.215. The molecule has 1 saturated heterocycles. The van der Waals surface area contributed by atoms with Crippen LogP contribution in [0.4, 0.5) is 0 Å². The summed E-state index contributed by atoms with van der Waals surface area (Å²) in [7, 11) is 0. The number of hydrogen-bond donors (Lipinski definition) is 2. The van der Waals surface area contributed by atoms with Crippen LogP contribution in [0.25, 0.3) is 0 Å². The highest BCUT2D eigenvalue weighted by atomic mass is 16.4. The van der Waals surface area contributed by atoms with Crippen LogP contribution in [0.2, 0.25) is 0 Å². The van der Waals surface area contributed by atoms with Gasteiger partial charge in [-0.1, -0.05) is 30.3 Å². The van der Waals surface area contributed by atoms with Gasteiger partial charge in [0.15, 0.2) is 0 Å². The zero-order chi connectivity index (χ0) is 17.3. The lowest BCUT2D eigenvalue weighted by Gasteiger charge is -2.27. The van der Waals surface area contributed by atoms with Crippen molar-refractivity contribution in [3.8, 4) is 0 Å². The molecule has 24 heavy (non-hydrogen) atoms. The Morgan fingerprint density at radius 3 is 2.54 bits per heavy atom. The molecule has 2 fully saturated rings. The molecule has 1 heterocycles. The third kappa shape index (κ3) is 3.27. The first-order valence-corrected chi connectivity index (χ1v) is 8.27. The molecule has 6 nitrogen and oxygen atoms in total. The van der Waals surface area contributed by atoms with Gasteiger partial charge in [-0.25, -0.2) is 4.79 Å². The number of likely N-dealkylation sites (tertiary alicyclic amines) is 1. The van der Waals surface area contributed by atoms with Crippen LogP contribution < -0.4 is 5.32 Å². The van der Waals surface area contributed by atoms with Gasteiger partial charge in [0.05, 0.1) is 5.92 Å². The smallest absolute Gasteiger partial charge is 0.329 e. The standard InChI is InChI=1S/C18H22N2O4/c1-18(17(23)24,14-7-8-14)19-16(22)13-9-15(21)20(11-13)10-12-5-3-2-4-6-12/h2-6,13-14H,7-11H2,1H3,(H,19,22)(H,23,24). The lowest BCUT2D eigenvalue weighted by molar-refractivity contribution is -0.148. The molecule has 0 spiro atoms. The Kier molecular flexibility index (Phi) is 4.30. The van der Waals surface area contributed by atoms with Crippen LogP contribution in [0.5, 0.6) is 0 Å². The minimum absolute atomic E-state index is 0.0172. The van der Waals surface area contributed by atoms with Crippen molar-refractivity contribution in [2.45, 2.75) is 38.3 Å². The molecule has 2 N–H and O–H groups in total. The highest BCUT2D eigenvalue weighted by molar-refractivity contribution is 5.92. The quantitative estimate of drug-likeness (QED) is 0.825. The number of amides is 2. The number of nitrogens with one attached hydrogen (secondary N) is 1. The van der Waals surface area contributed by atoms with Gasteiger partial charge in [-0.05, 0) is 31.2 Å². The van der Waals surface area contributed by atoms with E-state index >= 15 is 0 Å². The van der Waals surface area contributed by atoms with E-state index in [4.69, 9.17) is 0 Å². The molecule has 6 heteroatoms. The van der Waals surface area contributed by atoms with Crippen LogP contribution in [0.15, 0.2) is 30.3 Å². The van der Waals surface area contributed by atoms with Gasteiger partial charge in [0.25, 0.3) is 0 Å². The molecular weight excluding hydrogens is 308 g/mol. The number of aliphatic carboxylic acids is 1. The summed E-state index contributed by atoms with van der Waals surface area (Å²) in [6.45, 7) is 2.37. The van der Waals surface area contributed by atoms with Crippen LogP contribution >= 0.6 is 0 Å². The van der Waals surface area contributed by atoms with Gasteiger partial charge in [0.1, 0.15) is 5.54 Å². The third-order valence-electron chi connectivity index (χ3n) is 5.02. The first-order valence-electron chi connectivity index (χ1n) is 8.27. The monoisotopic (exact) mass is 330 g/mol. The van der Waals surface area contributed by atoms with E-state index in [0.29, 0.717) is 13.1 Å². The minimum atomic E-state index is -1.23. The molecule has 2 atom stereocenters. The summed E-state index contributed by atoms with van der Waals surface area (Å²) in [5.74, 6) is -1.92. The van der Waals surface area contributed by atoms with Gasteiger partial charge in [-0.2, -0.15) is 0 Å². The van der Waals surface area contributed by atoms with Crippen molar-refractivity contribution in [1.82, 2.24) is 10.2 Å². The average molecular weight is 330 g/mol. The minimum Gasteiger partial charge on any atom is -0.480 e. The van der Waals surface area contributed by atoms with Crippen molar-refractivity contribution in [2.75, 3.05) is 6.54 Å². The van der Waals surface area contributed by atoms with Crippen molar-refractivity contribution in [1.29, 1.82) is 0 Å². The molecule has 2 amide bonds. The summed E-state index contributed by atoms with van der Waals surface area (Å²) >= 11 is 0. The second-order valence-corrected chi connectivity index (χ2v) is 6.93. The van der Waals surface area contributed by atoms with Crippen LogP contribution in [0.3, 0.4) is 0 Å². The summed E-state index contributed by atoms with van der Waals surface area (Å²) < 4.78 is 0. The highest BCUT2D eigenvalue weighted by Crippen LogP contribution is 2.40. The van der Waals surface area contributed by atoms with Crippen molar-refractivity contribution in [3.05, 3.63) is 35.9 Å². The van der Waals surface area contributed by atoms with Gasteiger partial charge in [0, 0.05) is 19.5 Å². The maximum atomic E-state index is 12.5. The molecule has 1 saturated carbocycles. The molecule has 0 aromatic heterocycles. The van der Waals surface area contributed by atoms with Gasteiger partial charge in [-0.15, -0.1) is 0 Å². The largest absolute Gasteiger partial charge is 0.480 e. The number of nitrogens with zero attached hydrogens (tertiary/aromatic N) is 1. The lowest BCUT2D eigenvalue weighted by atomic mass is 9.94. The molecule has 1 aromatic rings. The van der Waals surface area contributed by atoms with E-state index in [1.54, 1.807) is 11.8 Å². The molecule has 2 unspecified atom stereocenters. The Labute approximate surface area is 140 Å². The Morgan fingerprint density at radius 2 is 1.96 bits per heavy atom. The molecule has 0 radical (unpaired) electrons. The molecule has 0 bridgehead atoms. The molecule has 1 aliphatic heterocycles. The Morgan fingerprint density at radius 1 is 1.29 bits per heavy atom. The maximum absolute atomic E-state index is 12.5. The third-order valence-corrected chi connectivity index (χ3v) is 5.02. The second-order valence-electron chi connectivity index (χ2n) is 6.93. The number of carbonyl (C=O) groups excluding carboxylic acids is 2. The van der Waals surface area contributed by atoms with E-state index in [1.165, 1.54) is 0 Å². The zero-order valence-electron chi connectivity index (χ0n) is 13.7. The van der Waals surface area contributed by atoms with Crippen molar-refractivity contribution < 1.29 is 19.5 Å². The fraction of sp³-hybridized carbons (Fsp3) is 0.500. The molecule has 1 aromatic carbocycles. The van der Waals surface area contributed by atoms with E-state index in [2.05, 4.69) is 5.32 Å². The van der Waals surface area contributed by atoms with E-state index in [-0.39, 0.29) is 24.2 Å². The number of carboxylic acids is 1. The molecule has 1 aliphatic carbocycles. The van der Waals surface area contributed by atoms with E-state index in [0.717, 1.165) is 18.4 Å². The van der Waals surface area contributed by atoms with Crippen molar-refractivity contribution in [2.24, 2.45) is 11.8 Å². The number of rotatable bonds is 6. The van der Waals surface area contributed by atoms with Gasteiger partial charge in [0.2, 0.25) is 11.8 Å². The summed E-state index contributed by atoms with van der Waals surface area (Å²) in [4.78, 5) is 37.8. The maximum Gasteiger partial charge on any atom is 0.329 e. The average Bonchev–Trinajstić information content (AvgIpc) is 3.34. The van der Waals surface area contributed by atoms with Gasteiger partial charge >= 0.3 is 5.97 Å². The van der Waals surface area contributed by atoms with Gasteiger partial charge < -0.3 is 15.3 Å². The number of carboxylic acid groups (broad SMARTS) is 1. The fourth-order valence-corrected chi connectivity index (χ4v) is 3.25. The van der Waals surface area contributed by atoms with E-state index in [9.17, 15) is 19.5 Å². The SMILES string of the molecule is CC(NC(=O)C1CC(=O)N(Cc2ccccc2)C1)(C(=O)O)C1CC1. The first-order chi connectivity index (χ1) is 11.4. The van der Waals surface area contributed by atoms with Crippen LogP contribution in [-0.2, 0) is 20.9 Å². The molecule has 2 aliphatic rings. The highest BCUT2D eigenvalue weighted by Gasteiger charge is 2.49. The fourth-order valence-electron chi connectivity index (χ4n) is 3.25. The summed E-state index contributed by atoms with van der Waals surface area (Å²) in [5, 5.41) is 12.1. The van der Waals surface area contributed by atoms with Crippen molar-refractivity contribution in [3.63, 3.8) is 0 Å². The summed E-state index contributed by atoms with van der Waals surface area (Å²) in [6, 6.07) is 9.61.